The largest absolute Gasteiger partial charge is 0.345 e. The first-order valence-corrected chi connectivity index (χ1v) is 10.2. The van der Waals surface area contributed by atoms with E-state index in [9.17, 15) is 13.2 Å². The summed E-state index contributed by atoms with van der Waals surface area (Å²) in [6.45, 7) is 0. The van der Waals surface area contributed by atoms with E-state index in [1.807, 2.05) is 24.3 Å². The molecule has 1 amide bonds. The van der Waals surface area contributed by atoms with Crippen LogP contribution in [-0.4, -0.2) is 33.3 Å². The first-order valence-electron chi connectivity index (χ1n) is 8.48. The van der Waals surface area contributed by atoms with E-state index in [4.69, 9.17) is 0 Å². The number of amides is 1. The van der Waals surface area contributed by atoms with Crippen LogP contribution in [0.15, 0.2) is 48.5 Å². The van der Waals surface area contributed by atoms with Crippen LogP contribution < -0.4 is 0 Å². The van der Waals surface area contributed by atoms with Gasteiger partial charge in [0.05, 0.1) is 11.0 Å². The fraction of sp³-hybridized carbons (Fsp3) is 0.350. The molecule has 0 aromatic heterocycles. The second-order valence-corrected chi connectivity index (χ2v) is 8.97. The van der Waals surface area contributed by atoms with E-state index in [-0.39, 0.29) is 11.7 Å². The lowest BCUT2D eigenvalue weighted by Gasteiger charge is -2.25. The molecule has 0 spiro atoms. The third-order valence-corrected chi connectivity index (χ3v) is 6.79. The summed E-state index contributed by atoms with van der Waals surface area (Å²) in [6, 6.07) is 14.8. The van der Waals surface area contributed by atoms with Gasteiger partial charge >= 0.3 is 0 Å². The Hall–Kier alpha value is -2.14. The zero-order valence-corrected chi connectivity index (χ0v) is 15.4. The molecule has 2 aromatic carbocycles. The molecule has 0 radical (unpaired) electrons. The number of hydrogen-bond acceptors (Lipinski definition) is 3. The van der Waals surface area contributed by atoms with Crippen LogP contribution in [0.1, 0.15) is 45.1 Å². The van der Waals surface area contributed by atoms with E-state index in [0.717, 1.165) is 24.0 Å². The molecule has 0 heterocycles. The Bertz CT molecular complexity index is 887. The van der Waals surface area contributed by atoms with E-state index in [1.165, 1.54) is 4.90 Å². The molecule has 1 atom stereocenters. The van der Waals surface area contributed by atoms with Crippen molar-refractivity contribution in [1.82, 2.24) is 4.90 Å². The van der Waals surface area contributed by atoms with Gasteiger partial charge in [0, 0.05) is 19.7 Å². The SMILES string of the molecule is CN(C)C(=O)c1cccc(CS(=O)(=O)[C@H]2CCCc3ccccc32)c1. The first-order chi connectivity index (χ1) is 11.9. The summed E-state index contributed by atoms with van der Waals surface area (Å²) in [7, 11) is 0.0330. The van der Waals surface area contributed by atoms with Crippen LogP contribution in [-0.2, 0) is 22.0 Å². The molecule has 4 nitrogen and oxygen atoms in total. The van der Waals surface area contributed by atoms with Crippen LogP contribution in [0.4, 0.5) is 0 Å². The number of fused-ring (bicyclic) bond motifs is 1. The van der Waals surface area contributed by atoms with Crippen LogP contribution in [0.2, 0.25) is 0 Å². The predicted molar refractivity (Wildman–Crippen MR) is 99.2 cm³/mol. The van der Waals surface area contributed by atoms with E-state index < -0.39 is 15.1 Å². The van der Waals surface area contributed by atoms with Gasteiger partial charge in [-0.25, -0.2) is 8.42 Å². The van der Waals surface area contributed by atoms with E-state index in [0.29, 0.717) is 17.5 Å². The van der Waals surface area contributed by atoms with Crippen molar-refractivity contribution < 1.29 is 13.2 Å². The Labute approximate surface area is 149 Å². The van der Waals surface area contributed by atoms with E-state index in [2.05, 4.69) is 0 Å². The Kier molecular flexibility index (Phi) is 4.95. The Morgan fingerprint density at radius 1 is 1.12 bits per heavy atom. The van der Waals surface area contributed by atoms with Crippen molar-refractivity contribution in [2.24, 2.45) is 0 Å². The van der Waals surface area contributed by atoms with Crippen molar-refractivity contribution in [2.45, 2.75) is 30.3 Å². The number of sulfone groups is 1. The molecule has 0 aliphatic heterocycles. The van der Waals surface area contributed by atoms with Gasteiger partial charge in [0.25, 0.3) is 5.91 Å². The molecule has 0 saturated carbocycles. The Balaban J connectivity index is 1.88. The molecule has 2 aromatic rings. The molecule has 0 saturated heterocycles. The molecule has 0 N–H and O–H groups in total. The maximum Gasteiger partial charge on any atom is 0.253 e. The second-order valence-electron chi connectivity index (χ2n) is 6.79. The van der Waals surface area contributed by atoms with Gasteiger partial charge in [-0.1, -0.05) is 36.4 Å². The zero-order chi connectivity index (χ0) is 18.0. The average molecular weight is 357 g/mol. The molecule has 25 heavy (non-hydrogen) atoms. The summed E-state index contributed by atoms with van der Waals surface area (Å²) in [5, 5.41) is -0.453. The number of rotatable bonds is 4. The number of hydrogen-bond donors (Lipinski definition) is 0. The van der Waals surface area contributed by atoms with Gasteiger partial charge in [-0.05, 0) is 48.1 Å². The van der Waals surface area contributed by atoms with Crippen LogP contribution in [0.25, 0.3) is 0 Å². The fourth-order valence-corrected chi connectivity index (χ4v) is 5.46. The Morgan fingerprint density at radius 3 is 2.64 bits per heavy atom. The van der Waals surface area contributed by atoms with Crippen LogP contribution >= 0.6 is 0 Å². The molecule has 5 heteroatoms. The van der Waals surface area contributed by atoms with Crippen molar-refractivity contribution in [2.75, 3.05) is 14.1 Å². The molecule has 3 rings (SSSR count). The van der Waals surface area contributed by atoms with Gasteiger partial charge in [-0.3, -0.25) is 4.79 Å². The lowest BCUT2D eigenvalue weighted by Crippen LogP contribution is -2.22. The van der Waals surface area contributed by atoms with Crippen molar-refractivity contribution in [1.29, 1.82) is 0 Å². The number of nitrogens with zero attached hydrogens (tertiary/aromatic N) is 1. The monoisotopic (exact) mass is 357 g/mol. The number of aryl methyl sites for hydroxylation is 1. The maximum atomic E-state index is 13.0. The summed E-state index contributed by atoms with van der Waals surface area (Å²) in [6.07, 6.45) is 2.49. The van der Waals surface area contributed by atoms with Gasteiger partial charge in [0.2, 0.25) is 0 Å². The average Bonchev–Trinajstić information content (AvgIpc) is 2.60. The molecular weight excluding hydrogens is 334 g/mol. The van der Waals surface area contributed by atoms with Crippen molar-refractivity contribution >= 4 is 15.7 Å². The quantitative estimate of drug-likeness (QED) is 0.843. The predicted octanol–water partition coefficient (Wildman–Crippen LogP) is 3.38. The smallest absolute Gasteiger partial charge is 0.253 e. The lowest BCUT2D eigenvalue weighted by molar-refractivity contribution is 0.0827. The normalized spacial score (nSPS) is 17.0. The molecular formula is C20H23NO3S. The van der Waals surface area contributed by atoms with Gasteiger partial charge in [-0.15, -0.1) is 0 Å². The minimum Gasteiger partial charge on any atom is -0.345 e. The van der Waals surface area contributed by atoms with Crippen molar-refractivity contribution in [3.8, 4) is 0 Å². The third kappa shape index (κ3) is 3.76. The molecule has 132 valence electrons. The molecule has 0 fully saturated rings. The highest BCUT2D eigenvalue weighted by atomic mass is 32.2. The molecule has 1 aliphatic carbocycles. The maximum absolute atomic E-state index is 13.0. The van der Waals surface area contributed by atoms with Gasteiger partial charge < -0.3 is 4.90 Å². The third-order valence-electron chi connectivity index (χ3n) is 4.70. The van der Waals surface area contributed by atoms with Crippen LogP contribution in [0, 0.1) is 0 Å². The summed E-state index contributed by atoms with van der Waals surface area (Å²) in [5.74, 6) is -0.164. The summed E-state index contributed by atoms with van der Waals surface area (Å²) in [5.41, 5.74) is 3.26. The highest BCUT2D eigenvalue weighted by Crippen LogP contribution is 2.37. The van der Waals surface area contributed by atoms with Crippen LogP contribution in [0.5, 0.6) is 0 Å². The molecule has 0 bridgehead atoms. The Morgan fingerprint density at radius 2 is 1.88 bits per heavy atom. The minimum absolute atomic E-state index is 0.0411. The summed E-state index contributed by atoms with van der Waals surface area (Å²) < 4.78 is 26.1. The highest BCUT2D eigenvalue weighted by molar-refractivity contribution is 7.90. The van der Waals surface area contributed by atoms with E-state index >= 15 is 0 Å². The summed E-state index contributed by atoms with van der Waals surface area (Å²) in [4.78, 5) is 13.6. The van der Waals surface area contributed by atoms with E-state index in [1.54, 1.807) is 38.4 Å². The number of benzene rings is 2. The summed E-state index contributed by atoms with van der Waals surface area (Å²) >= 11 is 0. The van der Waals surface area contributed by atoms with Gasteiger partial charge in [0.1, 0.15) is 0 Å². The van der Waals surface area contributed by atoms with Gasteiger partial charge in [0.15, 0.2) is 9.84 Å². The topological polar surface area (TPSA) is 54.5 Å². The number of carbonyl (C=O) groups excluding carboxylic acids is 1. The number of carbonyl (C=O) groups is 1. The molecule has 0 unspecified atom stereocenters. The van der Waals surface area contributed by atoms with Crippen molar-refractivity contribution in [3.05, 3.63) is 70.8 Å². The second kappa shape index (κ2) is 7.00. The lowest BCUT2D eigenvalue weighted by atomic mass is 9.91. The van der Waals surface area contributed by atoms with Gasteiger partial charge in [-0.2, -0.15) is 0 Å². The first kappa shape index (κ1) is 17.7. The highest BCUT2D eigenvalue weighted by Gasteiger charge is 2.31. The zero-order valence-electron chi connectivity index (χ0n) is 14.6. The molecule has 1 aliphatic rings. The van der Waals surface area contributed by atoms with Crippen LogP contribution in [0.3, 0.4) is 0 Å². The van der Waals surface area contributed by atoms with Crippen molar-refractivity contribution in [3.63, 3.8) is 0 Å². The fourth-order valence-electron chi connectivity index (χ4n) is 3.47. The standard InChI is InChI=1S/C20H23NO3S/c1-21(2)20(22)17-10-5-7-15(13-17)14-25(23,24)19-12-6-9-16-8-3-4-11-18(16)19/h3-5,7-8,10-11,13,19H,6,9,12,14H2,1-2H3/t19-/m0/s1. The minimum atomic E-state index is -3.34.